The van der Waals surface area contributed by atoms with Gasteiger partial charge in [0, 0.05) is 15.6 Å². The highest BCUT2D eigenvalue weighted by Crippen LogP contribution is 2.35. The van der Waals surface area contributed by atoms with Gasteiger partial charge in [-0.05, 0) is 70.5 Å². The molecule has 3 aromatic rings. The van der Waals surface area contributed by atoms with Crippen molar-refractivity contribution in [2.45, 2.75) is 0 Å². The highest BCUT2D eigenvalue weighted by atomic mass is 79.9. The van der Waals surface area contributed by atoms with Crippen molar-refractivity contribution < 1.29 is 23.8 Å². The van der Waals surface area contributed by atoms with Crippen LogP contribution in [0, 0.1) is 0 Å². The Morgan fingerprint density at radius 1 is 1.03 bits per heavy atom. The molecule has 6 nitrogen and oxygen atoms in total. The molecule has 1 aliphatic heterocycles. The normalized spacial score (nSPS) is 14.2. The van der Waals surface area contributed by atoms with Gasteiger partial charge in [-0.15, -0.1) is 0 Å². The lowest BCUT2D eigenvalue weighted by Gasteiger charge is -2.11. The molecule has 0 amide bonds. The number of carbonyl (C=O) groups excluding carboxylic acids is 2. The summed E-state index contributed by atoms with van der Waals surface area (Å²) in [6.07, 6.45) is 1.52. The monoisotopic (exact) mass is 555 g/mol. The first-order valence-electron chi connectivity index (χ1n) is 9.38. The van der Waals surface area contributed by atoms with Gasteiger partial charge in [-0.25, -0.2) is 14.6 Å². The van der Waals surface area contributed by atoms with Crippen LogP contribution in [0.5, 0.6) is 11.5 Å². The number of hydrogen-bond donors (Lipinski definition) is 0. The first-order valence-corrected chi connectivity index (χ1v) is 11.0. The van der Waals surface area contributed by atoms with Crippen molar-refractivity contribution in [3.05, 3.63) is 98.1 Å². The lowest BCUT2D eigenvalue weighted by molar-refractivity contribution is -0.129. The number of aliphatic imine (C=N–C) groups is 1. The molecule has 1 aliphatic rings. The van der Waals surface area contributed by atoms with Gasteiger partial charge in [0.05, 0.1) is 17.1 Å². The van der Waals surface area contributed by atoms with Crippen LogP contribution in [-0.2, 0) is 9.53 Å². The summed E-state index contributed by atoms with van der Waals surface area (Å²) in [5, 5.41) is 0. The zero-order valence-corrected chi connectivity index (χ0v) is 19.8. The Morgan fingerprint density at radius 2 is 1.75 bits per heavy atom. The summed E-state index contributed by atoms with van der Waals surface area (Å²) in [4.78, 5) is 29.4. The number of esters is 2. The van der Waals surface area contributed by atoms with Crippen molar-refractivity contribution in [1.82, 2.24) is 0 Å². The van der Waals surface area contributed by atoms with Crippen LogP contribution in [0.25, 0.3) is 6.08 Å². The van der Waals surface area contributed by atoms with Crippen LogP contribution in [-0.4, -0.2) is 24.9 Å². The maximum absolute atomic E-state index is 12.6. The smallest absolute Gasteiger partial charge is 0.363 e. The van der Waals surface area contributed by atoms with E-state index in [9.17, 15) is 9.59 Å². The largest absolute Gasteiger partial charge is 0.497 e. The lowest BCUT2D eigenvalue weighted by Crippen LogP contribution is -2.10. The Hall–Kier alpha value is -3.23. The van der Waals surface area contributed by atoms with E-state index in [1.807, 2.05) is 6.07 Å². The number of carbonyl (C=O) groups is 2. The Bertz CT molecular complexity index is 1250. The van der Waals surface area contributed by atoms with Crippen LogP contribution in [0.15, 0.2) is 86.4 Å². The standard InChI is InChI=1S/C24H15Br2NO5/c1-30-18-9-7-14(8-10-18)22-27-20(24(29)32-22)12-16-11-17(25)13-19(26)21(16)31-23(28)15-5-3-2-4-6-15/h2-13H,1H3/b20-12-. The molecule has 0 N–H and O–H groups in total. The number of benzene rings is 3. The van der Waals surface area contributed by atoms with Gasteiger partial charge < -0.3 is 14.2 Å². The molecule has 4 rings (SSSR count). The number of rotatable bonds is 5. The summed E-state index contributed by atoms with van der Waals surface area (Å²) in [6, 6.07) is 19.1. The highest BCUT2D eigenvalue weighted by molar-refractivity contribution is 9.11. The average Bonchev–Trinajstić information content (AvgIpc) is 3.16. The Kier molecular flexibility index (Phi) is 6.53. The molecule has 0 spiro atoms. The molecule has 160 valence electrons. The van der Waals surface area contributed by atoms with E-state index in [0.29, 0.717) is 26.9 Å². The fourth-order valence-corrected chi connectivity index (χ4v) is 4.27. The summed E-state index contributed by atoms with van der Waals surface area (Å²) in [7, 11) is 1.57. The van der Waals surface area contributed by atoms with Crippen molar-refractivity contribution in [3.8, 4) is 11.5 Å². The number of cyclic esters (lactones) is 1. The topological polar surface area (TPSA) is 74.2 Å². The third-order valence-electron chi connectivity index (χ3n) is 4.49. The van der Waals surface area contributed by atoms with Crippen LogP contribution in [0.2, 0.25) is 0 Å². The molecule has 8 heteroatoms. The molecule has 0 atom stereocenters. The van der Waals surface area contributed by atoms with Gasteiger partial charge in [-0.3, -0.25) is 0 Å². The maximum Gasteiger partial charge on any atom is 0.363 e. The Labute approximate surface area is 200 Å². The minimum Gasteiger partial charge on any atom is -0.497 e. The Balaban J connectivity index is 1.69. The predicted octanol–water partition coefficient (Wildman–Crippen LogP) is 5.78. The quantitative estimate of drug-likeness (QED) is 0.226. The third-order valence-corrected chi connectivity index (χ3v) is 5.54. The van der Waals surface area contributed by atoms with Gasteiger partial charge in [0.2, 0.25) is 5.90 Å². The number of hydrogen-bond acceptors (Lipinski definition) is 6. The van der Waals surface area contributed by atoms with E-state index >= 15 is 0 Å². The SMILES string of the molecule is COc1ccc(C2=N/C(=C\c3cc(Br)cc(Br)c3OC(=O)c3ccccc3)C(=O)O2)cc1. The second-order valence-corrected chi connectivity index (χ2v) is 8.40. The van der Waals surface area contributed by atoms with E-state index in [1.165, 1.54) is 6.08 Å². The number of ether oxygens (including phenoxy) is 3. The highest BCUT2D eigenvalue weighted by Gasteiger charge is 2.25. The molecule has 0 aromatic heterocycles. The maximum atomic E-state index is 12.6. The molecular formula is C24H15Br2NO5. The van der Waals surface area contributed by atoms with Crippen LogP contribution in [0.4, 0.5) is 0 Å². The van der Waals surface area contributed by atoms with Crippen LogP contribution < -0.4 is 9.47 Å². The van der Waals surface area contributed by atoms with Gasteiger partial charge in [0.15, 0.2) is 11.4 Å². The van der Waals surface area contributed by atoms with Gasteiger partial charge in [0.1, 0.15) is 5.75 Å². The first kappa shape index (κ1) is 22.0. The van der Waals surface area contributed by atoms with Gasteiger partial charge in [-0.1, -0.05) is 34.1 Å². The zero-order chi connectivity index (χ0) is 22.7. The molecule has 0 aliphatic carbocycles. The van der Waals surface area contributed by atoms with Crippen molar-refractivity contribution in [1.29, 1.82) is 0 Å². The second kappa shape index (κ2) is 9.50. The number of nitrogens with zero attached hydrogens (tertiary/aromatic N) is 1. The van der Waals surface area contributed by atoms with Crippen molar-refractivity contribution in [3.63, 3.8) is 0 Å². The fraction of sp³-hybridized carbons (Fsp3) is 0.0417. The third kappa shape index (κ3) is 4.81. The lowest BCUT2D eigenvalue weighted by atomic mass is 10.1. The van der Waals surface area contributed by atoms with E-state index in [1.54, 1.807) is 67.8 Å². The minimum atomic E-state index is -0.604. The number of halogens is 2. The molecule has 0 bridgehead atoms. The minimum absolute atomic E-state index is 0.0813. The van der Waals surface area contributed by atoms with Crippen LogP contribution in [0.3, 0.4) is 0 Å². The Morgan fingerprint density at radius 3 is 2.44 bits per heavy atom. The van der Waals surface area contributed by atoms with E-state index < -0.39 is 11.9 Å². The van der Waals surface area contributed by atoms with Crippen LogP contribution >= 0.6 is 31.9 Å². The average molecular weight is 557 g/mol. The fourth-order valence-electron chi connectivity index (χ4n) is 2.93. The molecule has 0 radical (unpaired) electrons. The van der Waals surface area contributed by atoms with Crippen molar-refractivity contribution in [2.75, 3.05) is 7.11 Å². The first-order chi connectivity index (χ1) is 15.4. The zero-order valence-electron chi connectivity index (χ0n) is 16.7. The number of methoxy groups -OCH3 is 1. The van der Waals surface area contributed by atoms with Crippen molar-refractivity contribution in [2.24, 2.45) is 4.99 Å². The molecule has 1 heterocycles. The van der Waals surface area contributed by atoms with Crippen LogP contribution in [0.1, 0.15) is 21.5 Å². The van der Waals surface area contributed by atoms with Gasteiger partial charge in [-0.2, -0.15) is 0 Å². The molecule has 3 aromatic carbocycles. The summed E-state index contributed by atoms with van der Waals surface area (Å²) >= 11 is 6.85. The molecule has 0 saturated heterocycles. The van der Waals surface area contributed by atoms with E-state index in [-0.39, 0.29) is 17.3 Å². The molecule has 0 unspecified atom stereocenters. The van der Waals surface area contributed by atoms with Gasteiger partial charge >= 0.3 is 11.9 Å². The van der Waals surface area contributed by atoms with Crippen molar-refractivity contribution >= 4 is 55.8 Å². The van der Waals surface area contributed by atoms with E-state index in [0.717, 1.165) is 4.47 Å². The molecule has 0 fully saturated rings. The second-order valence-electron chi connectivity index (χ2n) is 6.63. The molecular weight excluding hydrogens is 542 g/mol. The summed E-state index contributed by atoms with van der Waals surface area (Å²) in [5.74, 6) is -0.00788. The molecule has 32 heavy (non-hydrogen) atoms. The summed E-state index contributed by atoms with van der Waals surface area (Å²) in [6.45, 7) is 0. The van der Waals surface area contributed by atoms with E-state index in [4.69, 9.17) is 14.2 Å². The predicted molar refractivity (Wildman–Crippen MR) is 127 cm³/mol. The van der Waals surface area contributed by atoms with E-state index in [2.05, 4.69) is 36.9 Å². The van der Waals surface area contributed by atoms with Gasteiger partial charge in [0.25, 0.3) is 0 Å². The summed E-state index contributed by atoms with van der Waals surface area (Å²) < 4.78 is 17.4. The molecule has 0 saturated carbocycles. The summed E-state index contributed by atoms with van der Waals surface area (Å²) in [5.41, 5.74) is 1.59.